The summed E-state index contributed by atoms with van der Waals surface area (Å²) in [6.45, 7) is 0. The zero-order valence-corrected chi connectivity index (χ0v) is 13.7. The Labute approximate surface area is 143 Å². The van der Waals surface area contributed by atoms with Crippen molar-refractivity contribution >= 4 is 33.8 Å². The molecule has 0 N–H and O–H groups in total. The molecule has 23 heavy (non-hydrogen) atoms. The lowest BCUT2D eigenvalue weighted by molar-refractivity contribution is 0.628. The van der Waals surface area contributed by atoms with Gasteiger partial charge in [-0.25, -0.2) is 4.39 Å². The summed E-state index contributed by atoms with van der Waals surface area (Å²) in [5, 5.41) is 3.36. The van der Waals surface area contributed by atoms with Gasteiger partial charge in [0.25, 0.3) is 0 Å². The predicted octanol–water partition coefficient (Wildman–Crippen LogP) is 6.19. The van der Waals surface area contributed by atoms with Gasteiger partial charge in [-0.05, 0) is 40.8 Å². The number of rotatable bonds is 2. The maximum atomic E-state index is 13.4. The molecule has 2 aromatic carbocycles. The van der Waals surface area contributed by atoms with Crippen molar-refractivity contribution in [2.24, 2.45) is 0 Å². The minimum absolute atomic E-state index is 0. The van der Waals surface area contributed by atoms with Crippen LogP contribution in [0.3, 0.4) is 0 Å². The highest BCUT2D eigenvalue weighted by molar-refractivity contribution is 7.17. The van der Waals surface area contributed by atoms with Gasteiger partial charge in [0.15, 0.2) is 0 Å². The van der Waals surface area contributed by atoms with E-state index < -0.39 is 0 Å². The molecule has 0 spiro atoms. The molecule has 0 unspecified atom stereocenters. The minimum Gasteiger partial charge on any atom is -0.264 e. The van der Waals surface area contributed by atoms with Gasteiger partial charge in [0.1, 0.15) is 5.82 Å². The first-order valence-electron chi connectivity index (χ1n) is 6.99. The normalized spacial score (nSPS) is 10.5. The standard InChI is InChI=1S/C19H12FNS.ClH/c20-16-5-1-3-13(9-16)14-6-7-17-18(12-22-19(17)10-14)15-4-2-8-21-11-15;/h1-12H;1H. The first-order chi connectivity index (χ1) is 10.8. The van der Waals surface area contributed by atoms with Gasteiger partial charge in [-0.15, -0.1) is 23.7 Å². The highest BCUT2D eigenvalue weighted by Gasteiger charge is 2.08. The van der Waals surface area contributed by atoms with Crippen LogP contribution < -0.4 is 0 Å². The third-order valence-corrected chi connectivity index (χ3v) is 4.65. The number of aromatic nitrogens is 1. The molecule has 0 bridgehead atoms. The molecule has 0 aliphatic rings. The summed E-state index contributed by atoms with van der Waals surface area (Å²) in [6, 6.07) is 17.0. The lowest BCUT2D eigenvalue weighted by Crippen LogP contribution is -1.80. The van der Waals surface area contributed by atoms with Gasteiger partial charge in [0.05, 0.1) is 0 Å². The number of thiophene rings is 1. The van der Waals surface area contributed by atoms with Crippen LogP contribution in [0.4, 0.5) is 4.39 Å². The van der Waals surface area contributed by atoms with Crippen LogP contribution in [0.5, 0.6) is 0 Å². The summed E-state index contributed by atoms with van der Waals surface area (Å²) in [4.78, 5) is 4.19. The minimum atomic E-state index is -0.208. The van der Waals surface area contributed by atoms with Gasteiger partial charge in [-0.3, -0.25) is 4.98 Å². The van der Waals surface area contributed by atoms with Crippen LogP contribution in [0, 0.1) is 5.82 Å². The molecule has 0 atom stereocenters. The molecule has 114 valence electrons. The largest absolute Gasteiger partial charge is 0.264 e. The van der Waals surface area contributed by atoms with Crippen LogP contribution in [-0.4, -0.2) is 4.98 Å². The second-order valence-electron chi connectivity index (χ2n) is 5.11. The van der Waals surface area contributed by atoms with E-state index in [1.807, 2.05) is 24.4 Å². The van der Waals surface area contributed by atoms with Crippen molar-refractivity contribution in [2.45, 2.75) is 0 Å². The van der Waals surface area contributed by atoms with E-state index in [1.165, 1.54) is 21.7 Å². The molecular formula is C19H13ClFNS. The van der Waals surface area contributed by atoms with E-state index in [2.05, 4.69) is 28.6 Å². The predicted molar refractivity (Wildman–Crippen MR) is 97.7 cm³/mol. The van der Waals surface area contributed by atoms with Crippen LogP contribution in [-0.2, 0) is 0 Å². The molecule has 4 aromatic rings. The highest BCUT2D eigenvalue weighted by atomic mass is 35.5. The fourth-order valence-corrected chi connectivity index (χ4v) is 3.63. The monoisotopic (exact) mass is 341 g/mol. The van der Waals surface area contributed by atoms with Crippen LogP contribution >= 0.6 is 23.7 Å². The van der Waals surface area contributed by atoms with Gasteiger partial charge >= 0.3 is 0 Å². The summed E-state index contributed by atoms with van der Waals surface area (Å²) in [5.41, 5.74) is 4.25. The van der Waals surface area contributed by atoms with E-state index >= 15 is 0 Å². The van der Waals surface area contributed by atoms with Crippen LogP contribution in [0.15, 0.2) is 72.4 Å². The molecule has 0 aliphatic heterocycles. The second-order valence-corrected chi connectivity index (χ2v) is 6.02. The Kier molecular flexibility index (Phi) is 4.42. The third-order valence-electron chi connectivity index (χ3n) is 3.71. The van der Waals surface area contributed by atoms with Crippen molar-refractivity contribution in [2.75, 3.05) is 0 Å². The Morgan fingerprint density at radius 1 is 0.870 bits per heavy atom. The van der Waals surface area contributed by atoms with Crippen molar-refractivity contribution in [3.63, 3.8) is 0 Å². The second kappa shape index (κ2) is 6.49. The Hall–Kier alpha value is -2.23. The summed E-state index contributed by atoms with van der Waals surface area (Å²) < 4.78 is 14.6. The van der Waals surface area contributed by atoms with Crippen LogP contribution in [0.2, 0.25) is 0 Å². The zero-order chi connectivity index (χ0) is 14.9. The molecule has 1 nitrogen and oxygen atoms in total. The van der Waals surface area contributed by atoms with Crippen molar-refractivity contribution in [1.82, 2.24) is 4.98 Å². The van der Waals surface area contributed by atoms with Gasteiger partial charge in [-0.1, -0.05) is 30.3 Å². The molecule has 0 aliphatic carbocycles. The van der Waals surface area contributed by atoms with Crippen molar-refractivity contribution in [3.05, 3.63) is 78.2 Å². The van der Waals surface area contributed by atoms with E-state index in [1.54, 1.807) is 29.7 Å². The molecule has 0 fully saturated rings. The Morgan fingerprint density at radius 2 is 1.70 bits per heavy atom. The Bertz CT molecular complexity index is 950. The SMILES string of the molecule is Cl.Fc1cccc(-c2ccc3c(-c4cccnc4)csc3c2)c1. The number of fused-ring (bicyclic) bond motifs is 1. The molecule has 0 saturated carbocycles. The summed E-state index contributed by atoms with van der Waals surface area (Å²) in [5.74, 6) is -0.208. The molecule has 0 saturated heterocycles. The molecule has 2 aromatic heterocycles. The van der Waals surface area contributed by atoms with Gasteiger partial charge in [0, 0.05) is 33.6 Å². The number of nitrogens with zero attached hydrogens (tertiary/aromatic N) is 1. The number of pyridine rings is 1. The maximum absolute atomic E-state index is 13.4. The summed E-state index contributed by atoms with van der Waals surface area (Å²) >= 11 is 1.70. The van der Waals surface area contributed by atoms with E-state index in [4.69, 9.17) is 0 Å². The lowest BCUT2D eigenvalue weighted by Gasteiger charge is -2.03. The quantitative estimate of drug-likeness (QED) is 0.423. The van der Waals surface area contributed by atoms with E-state index in [9.17, 15) is 4.39 Å². The first kappa shape index (κ1) is 15.7. The van der Waals surface area contributed by atoms with Crippen molar-refractivity contribution in [3.8, 4) is 22.3 Å². The average Bonchev–Trinajstić information content (AvgIpc) is 2.99. The third kappa shape index (κ3) is 2.98. The number of hydrogen-bond acceptors (Lipinski definition) is 2. The lowest BCUT2D eigenvalue weighted by atomic mass is 10.0. The van der Waals surface area contributed by atoms with Crippen LogP contribution in [0.1, 0.15) is 0 Å². The summed E-state index contributed by atoms with van der Waals surface area (Å²) in [6.07, 6.45) is 3.65. The molecular weight excluding hydrogens is 329 g/mol. The molecule has 2 heterocycles. The van der Waals surface area contributed by atoms with Crippen molar-refractivity contribution in [1.29, 1.82) is 0 Å². The first-order valence-corrected chi connectivity index (χ1v) is 7.87. The molecule has 0 radical (unpaired) electrons. The molecule has 4 heteroatoms. The van der Waals surface area contributed by atoms with Gasteiger partial charge in [-0.2, -0.15) is 0 Å². The van der Waals surface area contributed by atoms with E-state index in [0.717, 1.165) is 16.7 Å². The topological polar surface area (TPSA) is 12.9 Å². The maximum Gasteiger partial charge on any atom is 0.123 e. The fourth-order valence-electron chi connectivity index (χ4n) is 2.62. The number of halogens is 2. The number of benzene rings is 2. The van der Waals surface area contributed by atoms with E-state index in [-0.39, 0.29) is 18.2 Å². The Balaban J connectivity index is 0.00000156. The smallest absolute Gasteiger partial charge is 0.123 e. The number of hydrogen-bond donors (Lipinski definition) is 0. The highest BCUT2D eigenvalue weighted by Crippen LogP contribution is 2.36. The van der Waals surface area contributed by atoms with E-state index in [0.29, 0.717) is 0 Å². The fraction of sp³-hybridized carbons (Fsp3) is 0. The van der Waals surface area contributed by atoms with Crippen molar-refractivity contribution < 1.29 is 4.39 Å². The zero-order valence-electron chi connectivity index (χ0n) is 12.1. The molecule has 4 rings (SSSR count). The molecule has 0 amide bonds. The Morgan fingerprint density at radius 3 is 2.48 bits per heavy atom. The summed E-state index contributed by atoms with van der Waals surface area (Å²) in [7, 11) is 0. The van der Waals surface area contributed by atoms with Gasteiger partial charge < -0.3 is 0 Å². The van der Waals surface area contributed by atoms with Gasteiger partial charge in [0.2, 0.25) is 0 Å². The van der Waals surface area contributed by atoms with Crippen LogP contribution in [0.25, 0.3) is 32.3 Å². The average molecular weight is 342 g/mol.